The van der Waals surface area contributed by atoms with Crippen LogP contribution in [0.4, 0.5) is 0 Å². The molecule has 0 bridgehead atoms. The van der Waals surface area contributed by atoms with E-state index in [-0.39, 0.29) is 5.41 Å². The quantitative estimate of drug-likeness (QED) is 0.909. The van der Waals surface area contributed by atoms with Gasteiger partial charge in [0.05, 0.1) is 10.7 Å². The zero-order chi connectivity index (χ0) is 14.2. The highest BCUT2D eigenvalue weighted by atomic mass is 32.1. The Labute approximate surface area is 119 Å². The predicted molar refractivity (Wildman–Crippen MR) is 76.5 cm³/mol. The molecule has 0 amide bonds. The van der Waals surface area contributed by atoms with Gasteiger partial charge in [0.2, 0.25) is 0 Å². The van der Waals surface area contributed by atoms with Crippen molar-refractivity contribution in [1.29, 1.82) is 0 Å². The third kappa shape index (κ3) is 2.99. The molecule has 0 saturated heterocycles. The van der Waals surface area contributed by atoms with Gasteiger partial charge in [-0.3, -0.25) is 4.79 Å². The molecule has 5 nitrogen and oxygen atoms in total. The molecule has 1 unspecified atom stereocenters. The van der Waals surface area contributed by atoms with Gasteiger partial charge in [-0.15, -0.1) is 22.7 Å². The van der Waals surface area contributed by atoms with Gasteiger partial charge in [0.25, 0.3) is 0 Å². The lowest BCUT2D eigenvalue weighted by molar-refractivity contribution is -0.138. The fraction of sp³-hybridized carbons (Fsp3) is 0.417. The van der Waals surface area contributed by atoms with Crippen molar-refractivity contribution < 1.29 is 9.90 Å². The SMILES string of the molecule is CC(C)(C)c1nc(-c2nc(C(N)C(=O)O)cs2)cs1. The Balaban J connectivity index is 2.28. The molecule has 102 valence electrons. The molecule has 0 aromatic carbocycles. The first-order valence-electron chi connectivity index (χ1n) is 5.69. The maximum Gasteiger partial charge on any atom is 0.326 e. The summed E-state index contributed by atoms with van der Waals surface area (Å²) >= 11 is 2.95. The molecule has 0 aliphatic heterocycles. The van der Waals surface area contributed by atoms with Crippen molar-refractivity contribution in [3.05, 3.63) is 21.5 Å². The van der Waals surface area contributed by atoms with Crippen molar-refractivity contribution >= 4 is 28.6 Å². The Bertz CT molecular complexity index is 598. The average Bonchev–Trinajstić information content (AvgIpc) is 2.95. The second-order valence-corrected chi connectivity index (χ2v) is 6.90. The molecule has 2 heterocycles. The Hall–Kier alpha value is -1.31. The van der Waals surface area contributed by atoms with Crippen molar-refractivity contribution in [2.45, 2.75) is 32.2 Å². The van der Waals surface area contributed by atoms with Gasteiger partial charge in [-0.2, -0.15) is 0 Å². The Morgan fingerprint density at radius 3 is 2.53 bits per heavy atom. The standard InChI is InChI=1S/C12H15N3O2S2/c1-12(2,3)11-15-7(5-19-11)9-14-6(4-18-9)8(13)10(16)17/h4-5,8H,13H2,1-3H3,(H,16,17). The molecule has 0 radical (unpaired) electrons. The van der Waals surface area contributed by atoms with Gasteiger partial charge >= 0.3 is 5.97 Å². The largest absolute Gasteiger partial charge is 0.480 e. The van der Waals surface area contributed by atoms with E-state index in [1.165, 1.54) is 11.3 Å². The highest BCUT2D eigenvalue weighted by Gasteiger charge is 2.21. The highest BCUT2D eigenvalue weighted by Crippen LogP contribution is 2.31. The number of hydrogen-bond donors (Lipinski definition) is 2. The number of rotatable bonds is 3. The lowest BCUT2D eigenvalue weighted by Gasteiger charge is -2.13. The maximum atomic E-state index is 10.8. The third-order valence-corrected chi connectivity index (χ3v) is 4.62. The van der Waals surface area contributed by atoms with Gasteiger partial charge in [-0.25, -0.2) is 9.97 Å². The van der Waals surface area contributed by atoms with Gasteiger partial charge in [-0.1, -0.05) is 20.8 Å². The smallest absolute Gasteiger partial charge is 0.326 e. The van der Waals surface area contributed by atoms with Crippen molar-refractivity contribution in [2.75, 3.05) is 0 Å². The summed E-state index contributed by atoms with van der Waals surface area (Å²) in [5.41, 5.74) is 6.69. The van der Waals surface area contributed by atoms with Gasteiger partial charge in [0, 0.05) is 16.2 Å². The minimum Gasteiger partial charge on any atom is -0.480 e. The zero-order valence-corrected chi connectivity index (χ0v) is 12.5. The van der Waals surface area contributed by atoms with E-state index < -0.39 is 12.0 Å². The number of nitrogens with zero attached hydrogens (tertiary/aromatic N) is 2. The minimum absolute atomic E-state index is 0.000470. The highest BCUT2D eigenvalue weighted by molar-refractivity contribution is 7.14. The van der Waals surface area contributed by atoms with Crippen LogP contribution < -0.4 is 5.73 Å². The lowest BCUT2D eigenvalue weighted by atomic mass is 9.98. The number of nitrogens with two attached hydrogens (primary N) is 1. The fourth-order valence-electron chi connectivity index (χ4n) is 1.39. The summed E-state index contributed by atoms with van der Waals surface area (Å²) < 4.78 is 0. The van der Waals surface area contributed by atoms with Gasteiger partial charge < -0.3 is 10.8 Å². The third-order valence-electron chi connectivity index (χ3n) is 2.47. The first kappa shape index (κ1) is 14.1. The average molecular weight is 297 g/mol. The van der Waals surface area contributed by atoms with Crippen LogP contribution in [0.25, 0.3) is 10.7 Å². The topological polar surface area (TPSA) is 89.1 Å². The Morgan fingerprint density at radius 1 is 1.32 bits per heavy atom. The van der Waals surface area contributed by atoms with E-state index in [1.807, 2.05) is 5.38 Å². The molecule has 3 N–H and O–H groups in total. The van der Waals surface area contributed by atoms with E-state index in [0.717, 1.165) is 10.7 Å². The molecular formula is C12H15N3O2S2. The fourth-order valence-corrected chi connectivity index (χ4v) is 3.17. The van der Waals surface area contributed by atoms with Crippen LogP contribution in [-0.4, -0.2) is 21.0 Å². The van der Waals surface area contributed by atoms with Crippen molar-refractivity contribution in [2.24, 2.45) is 5.73 Å². The van der Waals surface area contributed by atoms with Crippen LogP contribution in [0.2, 0.25) is 0 Å². The van der Waals surface area contributed by atoms with Crippen LogP contribution in [0.5, 0.6) is 0 Å². The number of thiazole rings is 2. The van der Waals surface area contributed by atoms with Crippen LogP contribution in [-0.2, 0) is 10.2 Å². The van der Waals surface area contributed by atoms with E-state index in [4.69, 9.17) is 10.8 Å². The van der Waals surface area contributed by atoms with E-state index >= 15 is 0 Å². The van der Waals surface area contributed by atoms with E-state index in [0.29, 0.717) is 10.7 Å². The molecule has 7 heteroatoms. The number of carbonyl (C=O) groups is 1. The summed E-state index contributed by atoms with van der Waals surface area (Å²) in [6.07, 6.45) is 0. The summed E-state index contributed by atoms with van der Waals surface area (Å²) in [5.74, 6) is -1.08. The van der Waals surface area contributed by atoms with E-state index in [2.05, 4.69) is 30.7 Å². The molecule has 2 aromatic rings. The van der Waals surface area contributed by atoms with Crippen molar-refractivity contribution in [1.82, 2.24) is 9.97 Å². The zero-order valence-electron chi connectivity index (χ0n) is 10.9. The van der Waals surface area contributed by atoms with Crippen molar-refractivity contribution in [3.63, 3.8) is 0 Å². The molecule has 0 fully saturated rings. The Morgan fingerprint density at radius 2 is 2.00 bits per heavy atom. The normalized spacial score (nSPS) is 13.5. The molecule has 19 heavy (non-hydrogen) atoms. The molecule has 0 aliphatic carbocycles. The maximum absolute atomic E-state index is 10.8. The number of aromatic nitrogens is 2. The molecule has 2 rings (SSSR count). The Kier molecular flexibility index (Phi) is 3.71. The summed E-state index contributed by atoms with van der Waals surface area (Å²) in [6.45, 7) is 6.30. The van der Waals surface area contributed by atoms with E-state index in [9.17, 15) is 4.79 Å². The number of aliphatic carboxylic acids is 1. The van der Waals surface area contributed by atoms with Crippen LogP contribution in [0.3, 0.4) is 0 Å². The van der Waals surface area contributed by atoms with E-state index in [1.54, 1.807) is 16.7 Å². The van der Waals surface area contributed by atoms with Gasteiger partial charge in [0.1, 0.15) is 16.7 Å². The minimum atomic E-state index is -1.08. The first-order valence-corrected chi connectivity index (χ1v) is 7.45. The molecule has 0 saturated carbocycles. The molecule has 1 atom stereocenters. The van der Waals surface area contributed by atoms with Crippen LogP contribution in [0, 0.1) is 0 Å². The number of hydrogen-bond acceptors (Lipinski definition) is 6. The molecule has 2 aromatic heterocycles. The second kappa shape index (κ2) is 4.99. The lowest BCUT2D eigenvalue weighted by Crippen LogP contribution is -2.20. The summed E-state index contributed by atoms with van der Waals surface area (Å²) in [7, 11) is 0. The van der Waals surface area contributed by atoms with Gasteiger partial charge in [-0.05, 0) is 0 Å². The van der Waals surface area contributed by atoms with Crippen molar-refractivity contribution in [3.8, 4) is 10.7 Å². The van der Waals surface area contributed by atoms with Crippen LogP contribution in [0.15, 0.2) is 10.8 Å². The number of carboxylic acid groups (broad SMARTS) is 1. The molecular weight excluding hydrogens is 282 g/mol. The summed E-state index contributed by atoms with van der Waals surface area (Å²) in [6, 6.07) is -1.08. The van der Waals surface area contributed by atoms with Crippen LogP contribution >= 0.6 is 22.7 Å². The molecule has 0 spiro atoms. The van der Waals surface area contributed by atoms with Gasteiger partial charge in [0.15, 0.2) is 0 Å². The van der Waals surface area contributed by atoms with Crippen LogP contribution in [0.1, 0.15) is 37.5 Å². The monoisotopic (exact) mass is 297 g/mol. The number of carboxylic acids is 1. The molecule has 0 aliphatic rings. The first-order chi connectivity index (χ1) is 8.79. The predicted octanol–water partition coefficient (Wildman–Crippen LogP) is 2.65. The second-order valence-electron chi connectivity index (χ2n) is 5.18. The summed E-state index contributed by atoms with van der Waals surface area (Å²) in [5, 5.41) is 14.2. The summed E-state index contributed by atoms with van der Waals surface area (Å²) in [4.78, 5) is 19.6.